The summed E-state index contributed by atoms with van der Waals surface area (Å²) in [5.74, 6) is 1.02. The minimum atomic E-state index is -0.181. The van der Waals surface area contributed by atoms with Gasteiger partial charge in [0.2, 0.25) is 17.3 Å². The van der Waals surface area contributed by atoms with Crippen LogP contribution in [0.5, 0.6) is 0 Å². The third-order valence-electron chi connectivity index (χ3n) is 4.54. The van der Waals surface area contributed by atoms with Crippen molar-refractivity contribution in [2.45, 2.75) is 25.9 Å². The van der Waals surface area contributed by atoms with Crippen LogP contribution < -0.4 is 5.56 Å². The molecule has 0 bridgehead atoms. The second kappa shape index (κ2) is 6.05. The lowest BCUT2D eigenvalue weighted by atomic mass is 9.99. The number of hydrogen-bond donors (Lipinski definition) is 1. The van der Waals surface area contributed by atoms with E-state index in [1.54, 1.807) is 12.3 Å². The van der Waals surface area contributed by atoms with Crippen LogP contribution in [0.4, 0.5) is 0 Å². The summed E-state index contributed by atoms with van der Waals surface area (Å²) in [5.41, 5.74) is 3.24. The number of H-pyrrole nitrogens is 1. The normalized spacial score (nSPS) is 15.9. The Hall–Kier alpha value is -2.73. The second-order valence-electron chi connectivity index (χ2n) is 6.06. The van der Waals surface area contributed by atoms with Crippen molar-refractivity contribution in [2.75, 3.05) is 6.54 Å². The van der Waals surface area contributed by atoms with Gasteiger partial charge in [0, 0.05) is 30.9 Å². The van der Waals surface area contributed by atoms with Gasteiger partial charge >= 0.3 is 0 Å². The fourth-order valence-electron chi connectivity index (χ4n) is 3.11. The first kappa shape index (κ1) is 14.8. The predicted molar refractivity (Wildman–Crippen MR) is 89.3 cm³/mol. The number of benzene rings is 1. The first-order valence-electron chi connectivity index (χ1n) is 8.04. The van der Waals surface area contributed by atoms with Crippen LogP contribution in [0.1, 0.15) is 30.0 Å². The molecule has 1 aliphatic rings. The molecule has 0 aliphatic carbocycles. The summed E-state index contributed by atoms with van der Waals surface area (Å²) < 4.78 is 5.45. The average molecular weight is 322 g/mol. The number of rotatable bonds is 3. The Morgan fingerprint density at radius 2 is 2.08 bits per heavy atom. The summed E-state index contributed by atoms with van der Waals surface area (Å²) in [7, 11) is 0. The maximum Gasteiger partial charge on any atom is 0.248 e. The fraction of sp³-hybridized carbons (Fsp3) is 0.278. The van der Waals surface area contributed by atoms with Crippen molar-refractivity contribution in [1.82, 2.24) is 20.0 Å². The van der Waals surface area contributed by atoms with Crippen LogP contribution in [0, 0.1) is 0 Å². The van der Waals surface area contributed by atoms with Gasteiger partial charge in [-0.15, -0.1) is 0 Å². The summed E-state index contributed by atoms with van der Waals surface area (Å²) in [4.78, 5) is 20.8. The third kappa shape index (κ3) is 2.76. The van der Waals surface area contributed by atoms with Gasteiger partial charge in [-0.05, 0) is 30.5 Å². The Bertz CT molecular complexity index is 915. The van der Waals surface area contributed by atoms with Gasteiger partial charge in [-0.25, -0.2) is 0 Å². The van der Waals surface area contributed by atoms with Gasteiger partial charge in [-0.2, -0.15) is 4.98 Å². The van der Waals surface area contributed by atoms with Crippen LogP contribution >= 0.6 is 0 Å². The Kier molecular flexibility index (Phi) is 3.74. The molecule has 1 aromatic carbocycles. The summed E-state index contributed by atoms with van der Waals surface area (Å²) in [5, 5.41) is 4.02. The predicted octanol–water partition coefficient (Wildman–Crippen LogP) is 2.54. The van der Waals surface area contributed by atoms with Crippen molar-refractivity contribution in [1.29, 1.82) is 0 Å². The van der Waals surface area contributed by atoms with E-state index in [9.17, 15) is 4.79 Å². The van der Waals surface area contributed by atoms with Gasteiger partial charge in [0.25, 0.3) is 0 Å². The Morgan fingerprint density at radius 1 is 1.25 bits per heavy atom. The van der Waals surface area contributed by atoms with Gasteiger partial charge in [-0.1, -0.05) is 29.4 Å². The summed E-state index contributed by atoms with van der Waals surface area (Å²) in [6, 6.07) is 11.8. The van der Waals surface area contributed by atoms with E-state index in [0.717, 1.165) is 19.5 Å². The molecule has 3 aromatic rings. The topological polar surface area (TPSA) is 75.0 Å². The van der Waals surface area contributed by atoms with E-state index >= 15 is 0 Å². The summed E-state index contributed by atoms with van der Waals surface area (Å²) in [6.45, 7) is 3.91. The zero-order chi connectivity index (χ0) is 16.5. The first-order chi connectivity index (χ1) is 11.7. The molecule has 0 fully saturated rings. The van der Waals surface area contributed by atoms with Gasteiger partial charge < -0.3 is 9.51 Å². The van der Waals surface area contributed by atoms with Crippen molar-refractivity contribution in [3.05, 3.63) is 70.0 Å². The molecule has 0 spiro atoms. The highest BCUT2D eigenvalue weighted by Crippen LogP contribution is 2.27. The smallest absolute Gasteiger partial charge is 0.248 e. The highest BCUT2D eigenvalue weighted by molar-refractivity contribution is 5.52. The number of fused-ring (bicyclic) bond motifs is 1. The molecule has 122 valence electrons. The number of aromatic amines is 1. The van der Waals surface area contributed by atoms with Gasteiger partial charge in [0.15, 0.2) is 0 Å². The largest absolute Gasteiger partial charge is 0.337 e. The van der Waals surface area contributed by atoms with Crippen molar-refractivity contribution >= 4 is 0 Å². The monoisotopic (exact) mass is 322 g/mol. The SMILES string of the molecule is CC(c1nc(-c2cc[nH]c(=O)c2)no1)N1CCc2ccccc2C1. The summed E-state index contributed by atoms with van der Waals surface area (Å²) >= 11 is 0. The second-order valence-corrected chi connectivity index (χ2v) is 6.06. The molecule has 4 rings (SSSR count). The molecule has 24 heavy (non-hydrogen) atoms. The molecular weight excluding hydrogens is 304 g/mol. The van der Waals surface area contributed by atoms with Crippen molar-refractivity contribution in [3.63, 3.8) is 0 Å². The Balaban J connectivity index is 1.56. The molecule has 0 radical (unpaired) electrons. The molecule has 0 amide bonds. The zero-order valence-electron chi connectivity index (χ0n) is 13.4. The molecule has 1 aliphatic heterocycles. The number of aromatic nitrogens is 3. The minimum absolute atomic E-state index is 0.0293. The highest BCUT2D eigenvalue weighted by atomic mass is 16.5. The first-order valence-corrected chi connectivity index (χ1v) is 8.04. The van der Waals surface area contributed by atoms with Crippen LogP contribution in [-0.4, -0.2) is 26.6 Å². The molecule has 6 nitrogen and oxygen atoms in total. The van der Waals surface area contributed by atoms with E-state index in [4.69, 9.17) is 4.52 Å². The van der Waals surface area contributed by atoms with Crippen molar-refractivity contribution < 1.29 is 4.52 Å². The minimum Gasteiger partial charge on any atom is -0.337 e. The van der Waals surface area contributed by atoms with Gasteiger partial charge in [0.05, 0.1) is 6.04 Å². The van der Waals surface area contributed by atoms with E-state index in [1.165, 1.54) is 17.2 Å². The van der Waals surface area contributed by atoms with Gasteiger partial charge in [-0.3, -0.25) is 9.69 Å². The molecule has 0 saturated heterocycles. The molecule has 1 unspecified atom stereocenters. The maximum atomic E-state index is 11.4. The Morgan fingerprint density at radius 3 is 2.92 bits per heavy atom. The standard InChI is InChI=1S/C18H18N4O2/c1-12(22-9-7-13-4-2-3-5-15(13)11-22)18-20-17(21-24-18)14-6-8-19-16(23)10-14/h2-6,8,10,12H,7,9,11H2,1H3,(H,19,23). The van der Waals surface area contributed by atoms with E-state index in [2.05, 4.69) is 51.2 Å². The lowest BCUT2D eigenvalue weighted by Gasteiger charge is -2.31. The lowest BCUT2D eigenvalue weighted by molar-refractivity contribution is 0.158. The maximum absolute atomic E-state index is 11.4. The lowest BCUT2D eigenvalue weighted by Crippen LogP contribution is -2.33. The van der Waals surface area contributed by atoms with Crippen LogP contribution in [-0.2, 0) is 13.0 Å². The van der Waals surface area contributed by atoms with E-state index in [0.29, 0.717) is 17.3 Å². The number of nitrogens with zero attached hydrogens (tertiary/aromatic N) is 3. The average Bonchev–Trinajstić information content (AvgIpc) is 3.11. The molecule has 6 heteroatoms. The fourth-order valence-corrected chi connectivity index (χ4v) is 3.11. The van der Waals surface area contributed by atoms with Crippen LogP contribution in [0.3, 0.4) is 0 Å². The Labute approximate surface area is 139 Å². The van der Waals surface area contributed by atoms with E-state index in [1.807, 2.05) is 0 Å². The number of pyridine rings is 1. The van der Waals surface area contributed by atoms with Crippen LogP contribution in [0.15, 0.2) is 51.9 Å². The molecule has 3 heterocycles. The van der Waals surface area contributed by atoms with E-state index < -0.39 is 0 Å². The van der Waals surface area contributed by atoms with E-state index in [-0.39, 0.29) is 11.6 Å². The van der Waals surface area contributed by atoms with Crippen molar-refractivity contribution in [2.24, 2.45) is 0 Å². The molecular formula is C18H18N4O2. The molecule has 2 aromatic heterocycles. The third-order valence-corrected chi connectivity index (χ3v) is 4.54. The quantitative estimate of drug-likeness (QED) is 0.802. The molecule has 1 N–H and O–H groups in total. The summed E-state index contributed by atoms with van der Waals surface area (Å²) in [6.07, 6.45) is 2.61. The zero-order valence-corrected chi connectivity index (χ0v) is 13.4. The molecule has 1 atom stereocenters. The van der Waals surface area contributed by atoms with Gasteiger partial charge in [0.1, 0.15) is 0 Å². The highest BCUT2D eigenvalue weighted by Gasteiger charge is 2.25. The number of nitrogens with one attached hydrogen (secondary N) is 1. The van der Waals surface area contributed by atoms with Crippen LogP contribution in [0.2, 0.25) is 0 Å². The number of hydrogen-bond acceptors (Lipinski definition) is 5. The van der Waals surface area contributed by atoms with Crippen LogP contribution in [0.25, 0.3) is 11.4 Å². The molecule has 0 saturated carbocycles. The van der Waals surface area contributed by atoms with Crippen molar-refractivity contribution in [3.8, 4) is 11.4 Å².